The first-order valence-electron chi connectivity index (χ1n) is 10.8. The van der Waals surface area contributed by atoms with Gasteiger partial charge in [0.1, 0.15) is 0 Å². The Balaban J connectivity index is 1.15. The zero-order valence-corrected chi connectivity index (χ0v) is 17.8. The number of carbonyl (C=O) groups excluding carboxylic acids is 3. The van der Waals surface area contributed by atoms with E-state index in [-0.39, 0.29) is 54.4 Å². The van der Waals surface area contributed by atoms with E-state index in [1.54, 1.807) is 0 Å². The fraction of sp³-hybridized carbons (Fsp3) is 0.522. The van der Waals surface area contributed by atoms with Gasteiger partial charge in [-0.25, -0.2) is 0 Å². The standard InChI is InChI=1S/C23H26ClN3O3/c1-14-2-5-17(24)13-18(14)25-8-10-26(11-9-25)19(28)6-7-27-22(29)20-15-3-4-16(12-15)21(20)23(27)30/h2-5,13,15-16,20-21H,6-12H2,1H3/t15-,16-,20-,21-/m0/s1. The fourth-order valence-corrected chi connectivity index (χ4v) is 5.84. The molecule has 6 nitrogen and oxygen atoms in total. The first kappa shape index (κ1) is 19.6. The largest absolute Gasteiger partial charge is 0.368 e. The number of halogens is 1. The van der Waals surface area contributed by atoms with Crippen molar-refractivity contribution in [3.05, 3.63) is 40.9 Å². The molecule has 0 radical (unpaired) electrons. The summed E-state index contributed by atoms with van der Waals surface area (Å²) in [7, 11) is 0. The lowest BCUT2D eigenvalue weighted by Gasteiger charge is -2.37. The number of hydrogen-bond acceptors (Lipinski definition) is 4. The Bertz CT molecular complexity index is 908. The van der Waals surface area contributed by atoms with Crippen LogP contribution in [0.15, 0.2) is 30.4 Å². The fourth-order valence-electron chi connectivity index (χ4n) is 5.67. The number of anilines is 1. The first-order valence-corrected chi connectivity index (χ1v) is 11.1. The van der Waals surface area contributed by atoms with Crippen molar-refractivity contribution in [2.75, 3.05) is 37.6 Å². The van der Waals surface area contributed by atoms with Crippen molar-refractivity contribution in [1.29, 1.82) is 0 Å². The van der Waals surface area contributed by atoms with Gasteiger partial charge in [0.05, 0.1) is 11.8 Å². The number of benzene rings is 1. The van der Waals surface area contributed by atoms with Crippen molar-refractivity contribution in [1.82, 2.24) is 9.80 Å². The van der Waals surface area contributed by atoms with Crippen LogP contribution in [0.3, 0.4) is 0 Å². The highest BCUT2D eigenvalue weighted by molar-refractivity contribution is 6.30. The van der Waals surface area contributed by atoms with Gasteiger partial charge < -0.3 is 9.80 Å². The van der Waals surface area contributed by atoms with Crippen molar-refractivity contribution in [2.45, 2.75) is 19.8 Å². The summed E-state index contributed by atoms with van der Waals surface area (Å²) < 4.78 is 0. The van der Waals surface area contributed by atoms with Gasteiger partial charge >= 0.3 is 0 Å². The lowest BCUT2D eigenvalue weighted by Crippen LogP contribution is -2.49. The number of rotatable bonds is 4. The molecule has 0 aromatic heterocycles. The van der Waals surface area contributed by atoms with E-state index in [2.05, 4.69) is 24.0 Å². The lowest BCUT2D eigenvalue weighted by atomic mass is 9.85. The molecule has 2 heterocycles. The van der Waals surface area contributed by atoms with E-state index in [4.69, 9.17) is 11.6 Å². The summed E-state index contributed by atoms with van der Waals surface area (Å²) in [6, 6.07) is 5.87. The summed E-state index contributed by atoms with van der Waals surface area (Å²) in [6.45, 7) is 5.01. The highest BCUT2D eigenvalue weighted by atomic mass is 35.5. The number of piperazine rings is 1. The van der Waals surface area contributed by atoms with Crippen LogP contribution in [0.1, 0.15) is 18.4 Å². The Kier molecular flexibility index (Phi) is 4.85. The maximum atomic E-state index is 12.8. The maximum Gasteiger partial charge on any atom is 0.233 e. The molecule has 0 spiro atoms. The van der Waals surface area contributed by atoms with Crippen LogP contribution in [0.25, 0.3) is 0 Å². The third-order valence-electron chi connectivity index (χ3n) is 7.26. The van der Waals surface area contributed by atoms with E-state index in [1.165, 1.54) is 10.5 Å². The Morgan fingerprint density at radius 2 is 1.67 bits per heavy atom. The van der Waals surface area contributed by atoms with Crippen LogP contribution in [-0.2, 0) is 14.4 Å². The molecule has 30 heavy (non-hydrogen) atoms. The molecule has 158 valence electrons. The van der Waals surface area contributed by atoms with E-state index in [0.29, 0.717) is 18.1 Å². The summed E-state index contributed by atoms with van der Waals surface area (Å²) in [5.41, 5.74) is 2.27. The molecule has 2 aliphatic heterocycles. The first-order chi connectivity index (χ1) is 14.4. The second kappa shape index (κ2) is 7.41. The zero-order chi connectivity index (χ0) is 21.0. The molecule has 2 aliphatic carbocycles. The number of likely N-dealkylation sites (tertiary alicyclic amines) is 1. The molecule has 5 rings (SSSR count). The van der Waals surface area contributed by atoms with Gasteiger partial charge in [0.25, 0.3) is 0 Å². The summed E-state index contributed by atoms with van der Waals surface area (Å²) in [5.74, 6) is -0.0949. The van der Waals surface area contributed by atoms with E-state index in [9.17, 15) is 14.4 Å². The van der Waals surface area contributed by atoms with Gasteiger partial charge in [-0.05, 0) is 42.9 Å². The molecule has 7 heteroatoms. The van der Waals surface area contributed by atoms with E-state index in [0.717, 1.165) is 25.2 Å². The topological polar surface area (TPSA) is 60.9 Å². The second-order valence-electron chi connectivity index (χ2n) is 8.88. The van der Waals surface area contributed by atoms with Gasteiger partial charge in [0, 0.05) is 49.9 Å². The number of hydrogen-bond donors (Lipinski definition) is 0. The molecule has 2 bridgehead atoms. The van der Waals surface area contributed by atoms with Crippen LogP contribution in [0.2, 0.25) is 5.02 Å². The molecule has 1 aromatic rings. The van der Waals surface area contributed by atoms with Crippen LogP contribution < -0.4 is 4.90 Å². The van der Waals surface area contributed by atoms with Crippen molar-refractivity contribution in [2.24, 2.45) is 23.7 Å². The number of allylic oxidation sites excluding steroid dienone is 2. The van der Waals surface area contributed by atoms with Crippen molar-refractivity contribution in [3.63, 3.8) is 0 Å². The molecule has 0 unspecified atom stereocenters. The van der Waals surface area contributed by atoms with E-state index in [1.807, 2.05) is 23.1 Å². The Labute approximate surface area is 181 Å². The number of carbonyl (C=O) groups is 3. The molecule has 2 saturated heterocycles. The Morgan fingerprint density at radius 1 is 1.03 bits per heavy atom. The minimum absolute atomic E-state index is 0.0104. The number of nitrogens with zero attached hydrogens (tertiary/aromatic N) is 3. The van der Waals surface area contributed by atoms with Crippen molar-refractivity contribution >= 4 is 35.0 Å². The summed E-state index contributed by atoms with van der Waals surface area (Å²) in [6.07, 6.45) is 5.31. The predicted octanol–water partition coefficient (Wildman–Crippen LogP) is 2.49. The van der Waals surface area contributed by atoms with Gasteiger partial charge in [-0.15, -0.1) is 0 Å². The third kappa shape index (κ3) is 3.13. The number of imide groups is 1. The smallest absolute Gasteiger partial charge is 0.233 e. The lowest BCUT2D eigenvalue weighted by molar-refractivity contribution is -0.141. The number of fused-ring (bicyclic) bond motifs is 5. The average Bonchev–Trinajstić information content (AvgIpc) is 3.43. The molecule has 1 saturated carbocycles. The Hall–Kier alpha value is -2.34. The second-order valence-corrected chi connectivity index (χ2v) is 9.31. The number of amides is 3. The van der Waals surface area contributed by atoms with Gasteiger partial charge in [0.15, 0.2) is 0 Å². The molecular weight excluding hydrogens is 402 g/mol. The molecular formula is C23H26ClN3O3. The highest BCUT2D eigenvalue weighted by Gasteiger charge is 2.59. The van der Waals surface area contributed by atoms with Crippen molar-refractivity contribution in [3.8, 4) is 0 Å². The minimum Gasteiger partial charge on any atom is -0.368 e. The number of aryl methyl sites for hydroxylation is 1. The third-order valence-corrected chi connectivity index (χ3v) is 7.49. The quantitative estimate of drug-likeness (QED) is 0.547. The molecule has 4 atom stereocenters. The van der Waals surface area contributed by atoms with E-state index < -0.39 is 0 Å². The molecule has 4 aliphatic rings. The molecule has 1 aromatic carbocycles. The summed E-state index contributed by atoms with van der Waals surface area (Å²) in [4.78, 5) is 43.7. The Morgan fingerprint density at radius 3 is 2.30 bits per heavy atom. The van der Waals surface area contributed by atoms with Crippen LogP contribution in [0.5, 0.6) is 0 Å². The SMILES string of the molecule is Cc1ccc(Cl)cc1N1CCN(C(=O)CCN2C(=O)[C@@H]3[C@@H](C2=O)[C@H]2C=C[C@H]3C2)CC1. The molecule has 3 amide bonds. The van der Waals surface area contributed by atoms with Crippen LogP contribution in [0.4, 0.5) is 5.69 Å². The van der Waals surface area contributed by atoms with Crippen LogP contribution >= 0.6 is 11.6 Å². The maximum absolute atomic E-state index is 12.8. The monoisotopic (exact) mass is 427 g/mol. The van der Waals surface area contributed by atoms with Gasteiger partial charge in [-0.2, -0.15) is 0 Å². The average molecular weight is 428 g/mol. The van der Waals surface area contributed by atoms with E-state index >= 15 is 0 Å². The van der Waals surface area contributed by atoms with Crippen LogP contribution in [0, 0.1) is 30.6 Å². The minimum atomic E-state index is -0.188. The highest BCUT2D eigenvalue weighted by Crippen LogP contribution is 2.52. The predicted molar refractivity (Wildman–Crippen MR) is 114 cm³/mol. The molecule has 0 N–H and O–H groups in total. The van der Waals surface area contributed by atoms with Gasteiger partial charge in [-0.1, -0.05) is 29.8 Å². The van der Waals surface area contributed by atoms with Gasteiger partial charge in [-0.3, -0.25) is 19.3 Å². The summed E-state index contributed by atoms with van der Waals surface area (Å²) in [5, 5.41) is 0.711. The van der Waals surface area contributed by atoms with Crippen molar-refractivity contribution < 1.29 is 14.4 Å². The molecule has 3 fully saturated rings. The normalized spacial score (nSPS) is 29.9. The van der Waals surface area contributed by atoms with Gasteiger partial charge in [0.2, 0.25) is 17.7 Å². The zero-order valence-electron chi connectivity index (χ0n) is 17.1. The van der Waals surface area contributed by atoms with Crippen LogP contribution in [-0.4, -0.2) is 60.2 Å². The summed E-state index contributed by atoms with van der Waals surface area (Å²) >= 11 is 6.14.